The van der Waals surface area contributed by atoms with E-state index in [-0.39, 0.29) is 5.54 Å². The molecule has 0 spiro atoms. The lowest BCUT2D eigenvalue weighted by atomic mass is 9.83. The molecule has 1 atom stereocenters. The lowest BCUT2D eigenvalue weighted by molar-refractivity contribution is 0.272. The van der Waals surface area contributed by atoms with E-state index in [1.54, 1.807) is 7.11 Å². The molecule has 2 nitrogen and oxygen atoms in total. The maximum Gasteiger partial charge on any atom is 0.123 e. The quantitative estimate of drug-likeness (QED) is 0.801. The summed E-state index contributed by atoms with van der Waals surface area (Å²) in [6.07, 6.45) is 3.76. The second-order valence-electron chi connectivity index (χ2n) is 4.42. The highest BCUT2D eigenvalue weighted by molar-refractivity contribution is 5.39. The van der Waals surface area contributed by atoms with Crippen LogP contribution in [0.4, 0.5) is 0 Å². The molecule has 1 aromatic carbocycles. The minimum Gasteiger partial charge on any atom is -0.496 e. The molecule has 2 heteroatoms. The van der Waals surface area contributed by atoms with Crippen molar-refractivity contribution < 1.29 is 4.74 Å². The fraction of sp³-hybridized carbons (Fsp3) is 0.538. The van der Waals surface area contributed by atoms with Crippen LogP contribution in [-0.4, -0.2) is 13.7 Å². The average molecular weight is 205 g/mol. The third-order valence-electron chi connectivity index (χ3n) is 3.32. The van der Waals surface area contributed by atoms with E-state index in [4.69, 9.17) is 4.74 Å². The van der Waals surface area contributed by atoms with Crippen molar-refractivity contribution in [2.24, 2.45) is 0 Å². The number of hydrogen-bond acceptors (Lipinski definition) is 2. The zero-order valence-electron chi connectivity index (χ0n) is 9.55. The van der Waals surface area contributed by atoms with Crippen molar-refractivity contribution in [2.45, 2.75) is 31.7 Å². The molecule has 1 unspecified atom stereocenters. The minimum absolute atomic E-state index is 0.0881. The number of hydrogen-bond donors (Lipinski definition) is 1. The summed E-state index contributed by atoms with van der Waals surface area (Å²) in [5, 5.41) is 3.61. The smallest absolute Gasteiger partial charge is 0.123 e. The largest absolute Gasteiger partial charge is 0.496 e. The first kappa shape index (κ1) is 10.5. The van der Waals surface area contributed by atoms with E-state index in [1.807, 2.05) is 12.1 Å². The number of para-hydroxylation sites is 1. The molecule has 1 aliphatic heterocycles. The van der Waals surface area contributed by atoms with E-state index in [0.717, 1.165) is 12.3 Å². The Kier molecular flexibility index (Phi) is 2.96. The Morgan fingerprint density at radius 2 is 2.07 bits per heavy atom. The van der Waals surface area contributed by atoms with Crippen molar-refractivity contribution >= 4 is 0 Å². The topological polar surface area (TPSA) is 21.3 Å². The molecule has 1 N–H and O–H groups in total. The Morgan fingerprint density at radius 1 is 1.27 bits per heavy atom. The second kappa shape index (κ2) is 4.23. The van der Waals surface area contributed by atoms with Crippen molar-refractivity contribution in [3.05, 3.63) is 29.8 Å². The van der Waals surface area contributed by atoms with Gasteiger partial charge in [0, 0.05) is 11.1 Å². The van der Waals surface area contributed by atoms with Gasteiger partial charge in [-0.1, -0.05) is 24.6 Å². The van der Waals surface area contributed by atoms with Crippen molar-refractivity contribution in [2.75, 3.05) is 13.7 Å². The molecule has 0 radical (unpaired) electrons. The van der Waals surface area contributed by atoms with Crippen molar-refractivity contribution in [3.8, 4) is 5.75 Å². The van der Waals surface area contributed by atoms with E-state index in [1.165, 1.54) is 24.8 Å². The van der Waals surface area contributed by atoms with E-state index in [0.29, 0.717) is 0 Å². The first-order valence-electron chi connectivity index (χ1n) is 5.65. The van der Waals surface area contributed by atoms with Crippen LogP contribution in [0.3, 0.4) is 0 Å². The van der Waals surface area contributed by atoms with Crippen molar-refractivity contribution in [3.63, 3.8) is 0 Å². The number of nitrogens with one attached hydrogen (secondary N) is 1. The normalized spacial score (nSPS) is 26.3. The standard InChI is InChI=1S/C13H19NO/c1-13(9-5-6-10-14-13)11-7-3-4-8-12(11)15-2/h3-4,7-8,14H,5-6,9-10H2,1-2H3. The molecule has 0 saturated carbocycles. The van der Waals surface area contributed by atoms with E-state index in [2.05, 4.69) is 24.4 Å². The first-order valence-corrected chi connectivity index (χ1v) is 5.65. The van der Waals surface area contributed by atoms with Crippen LogP contribution in [0.2, 0.25) is 0 Å². The van der Waals surface area contributed by atoms with Gasteiger partial charge in [-0.3, -0.25) is 0 Å². The molecule has 15 heavy (non-hydrogen) atoms. The van der Waals surface area contributed by atoms with Crippen molar-refractivity contribution in [1.82, 2.24) is 5.32 Å². The Labute approximate surface area is 91.6 Å². The zero-order valence-corrected chi connectivity index (χ0v) is 9.55. The van der Waals surface area contributed by atoms with Crippen LogP contribution in [0.5, 0.6) is 5.75 Å². The van der Waals surface area contributed by atoms with Gasteiger partial charge in [-0.25, -0.2) is 0 Å². The van der Waals surface area contributed by atoms with Gasteiger partial charge < -0.3 is 10.1 Å². The summed E-state index contributed by atoms with van der Waals surface area (Å²) >= 11 is 0. The fourth-order valence-electron chi connectivity index (χ4n) is 2.39. The highest BCUT2D eigenvalue weighted by Gasteiger charge is 2.30. The zero-order chi connectivity index (χ0) is 10.7. The van der Waals surface area contributed by atoms with Crippen LogP contribution >= 0.6 is 0 Å². The summed E-state index contributed by atoms with van der Waals surface area (Å²) in [6.45, 7) is 3.37. The summed E-state index contributed by atoms with van der Waals surface area (Å²) in [5.41, 5.74) is 1.37. The van der Waals surface area contributed by atoms with Crippen LogP contribution in [-0.2, 0) is 5.54 Å². The van der Waals surface area contributed by atoms with Crippen LogP contribution in [0.1, 0.15) is 31.7 Å². The number of piperidine rings is 1. The second-order valence-corrected chi connectivity index (χ2v) is 4.42. The Hall–Kier alpha value is -1.02. The minimum atomic E-state index is 0.0881. The summed E-state index contributed by atoms with van der Waals surface area (Å²) in [6, 6.07) is 8.31. The number of rotatable bonds is 2. The van der Waals surface area contributed by atoms with Gasteiger partial charge in [-0.2, -0.15) is 0 Å². The predicted octanol–water partition coefficient (Wildman–Crippen LogP) is 2.68. The van der Waals surface area contributed by atoms with Crippen molar-refractivity contribution in [1.29, 1.82) is 0 Å². The van der Waals surface area contributed by atoms with Crippen LogP contribution < -0.4 is 10.1 Å². The molecule has 1 fully saturated rings. The molecular formula is C13H19NO. The third kappa shape index (κ3) is 2.00. The summed E-state index contributed by atoms with van der Waals surface area (Å²) in [4.78, 5) is 0. The highest BCUT2D eigenvalue weighted by Crippen LogP contribution is 2.35. The van der Waals surface area contributed by atoms with Crippen LogP contribution in [0.15, 0.2) is 24.3 Å². The molecule has 0 aliphatic carbocycles. The highest BCUT2D eigenvalue weighted by atomic mass is 16.5. The number of methoxy groups -OCH3 is 1. The molecular weight excluding hydrogens is 186 g/mol. The number of ether oxygens (including phenoxy) is 1. The Bertz CT molecular complexity index is 329. The SMILES string of the molecule is COc1ccccc1C1(C)CCCCN1. The third-order valence-corrected chi connectivity index (χ3v) is 3.32. The summed E-state index contributed by atoms with van der Waals surface area (Å²) in [5.74, 6) is 0.995. The average Bonchev–Trinajstić information content (AvgIpc) is 2.30. The molecule has 1 heterocycles. The molecule has 82 valence electrons. The fourth-order valence-corrected chi connectivity index (χ4v) is 2.39. The predicted molar refractivity (Wildman–Crippen MR) is 62.2 cm³/mol. The van der Waals surface area contributed by atoms with Crippen LogP contribution in [0, 0.1) is 0 Å². The molecule has 0 aromatic heterocycles. The lowest BCUT2D eigenvalue weighted by Crippen LogP contribution is -2.43. The van der Waals surface area contributed by atoms with E-state index < -0.39 is 0 Å². The van der Waals surface area contributed by atoms with E-state index >= 15 is 0 Å². The maximum atomic E-state index is 5.42. The van der Waals surface area contributed by atoms with Gasteiger partial charge >= 0.3 is 0 Å². The molecule has 1 aliphatic rings. The Balaban J connectivity index is 2.34. The molecule has 1 aromatic rings. The lowest BCUT2D eigenvalue weighted by Gasteiger charge is -2.36. The molecule has 0 bridgehead atoms. The molecule has 0 amide bonds. The van der Waals surface area contributed by atoms with Gasteiger partial charge in [-0.05, 0) is 32.4 Å². The maximum absolute atomic E-state index is 5.42. The van der Waals surface area contributed by atoms with Gasteiger partial charge in [0.2, 0.25) is 0 Å². The van der Waals surface area contributed by atoms with Gasteiger partial charge in [-0.15, -0.1) is 0 Å². The van der Waals surface area contributed by atoms with Gasteiger partial charge in [0.25, 0.3) is 0 Å². The van der Waals surface area contributed by atoms with Crippen LogP contribution in [0.25, 0.3) is 0 Å². The van der Waals surface area contributed by atoms with E-state index in [9.17, 15) is 0 Å². The van der Waals surface area contributed by atoms with Gasteiger partial charge in [0.15, 0.2) is 0 Å². The van der Waals surface area contributed by atoms with Gasteiger partial charge in [0.1, 0.15) is 5.75 Å². The van der Waals surface area contributed by atoms with Gasteiger partial charge in [0.05, 0.1) is 7.11 Å². The number of benzene rings is 1. The monoisotopic (exact) mass is 205 g/mol. The molecule has 2 rings (SSSR count). The summed E-state index contributed by atoms with van der Waals surface area (Å²) < 4.78 is 5.42. The summed E-state index contributed by atoms with van der Waals surface area (Å²) in [7, 11) is 1.74. The Morgan fingerprint density at radius 3 is 2.73 bits per heavy atom. The first-order chi connectivity index (χ1) is 7.26. The molecule has 1 saturated heterocycles.